The van der Waals surface area contributed by atoms with Crippen LogP contribution in [0.5, 0.6) is 5.75 Å². The van der Waals surface area contributed by atoms with Crippen LogP contribution in [0.1, 0.15) is 11.1 Å². The van der Waals surface area contributed by atoms with Gasteiger partial charge in [-0.3, -0.25) is 0 Å². The van der Waals surface area contributed by atoms with E-state index >= 15 is 0 Å². The largest absolute Gasteiger partial charge is 0.489 e. The molecule has 21 heavy (non-hydrogen) atoms. The van der Waals surface area contributed by atoms with E-state index in [9.17, 15) is 8.78 Å². The lowest BCUT2D eigenvalue weighted by Crippen LogP contribution is -1.97. The fourth-order valence-corrected chi connectivity index (χ4v) is 1.80. The molecule has 0 saturated carbocycles. The number of rotatable bonds is 3. The molecule has 0 aliphatic carbocycles. The van der Waals surface area contributed by atoms with Gasteiger partial charge in [0.1, 0.15) is 30.6 Å². The van der Waals surface area contributed by atoms with Gasteiger partial charge in [-0.25, -0.2) is 8.78 Å². The molecular weight excluding hydrogens is 298 g/mol. The summed E-state index contributed by atoms with van der Waals surface area (Å²) >= 11 is 5.57. The lowest BCUT2D eigenvalue weighted by molar-refractivity contribution is 0.304. The maximum Gasteiger partial charge on any atom is 0.145 e. The Bertz CT molecular complexity index is 705. The molecule has 2 aromatic rings. The fraction of sp³-hybridized carbons (Fsp3) is 0.125. The second kappa shape index (κ2) is 7.07. The van der Waals surface area contributed by atoms with E-state index in [1.165, 1.54) is 24.3 Å². The third kappa shape index (κ3) is 4.45. The number of aliphatic hydroxyl groups excluding tert-OH is 1. The zero-order chi connectivity index (χ0) is 15.2. The molecular formula is C16H11ClF2O2. The van der Waals surface area contributed by atoms with Gasteiger partial charge in [0.2, 0.25) is 0 Å². The number of ether oxygens (including phenoxy) is 1. The van der Waals surface area contributed by atoms with E-state index in [1.807, 2.05) is 0 Å². The van der Waals surface area contributed by atoms with Gasteiger partial charge in [0.15, 0.2) is 0 Å². The first-order chi connectivity index (χ1) is 10.1. The first-order valence-electron chi connectivity index (χ1n) is 6.05. The smallest absolute Gasteiger partial charge is 0.145 e. The van der Waals surface area contributed by atoms with E-state index in [0.29, 0.717) is 16.9 Å². The predicted octanol–water partition coefficient (Wildman–Crippen LogP) is 3.54. The monoisotopic (exact) mass is 308 g/mol. The SMILES string of the molecule is OCC#Cc1cc(F)cc(COc2ccc(Cl)c(F)c2)c1. The van der Waals surface area contributed by atoms with E-state index in [1.54, 1.807) is 6.07 Å². The molecule has 0 heterocycles. The number of hydrogen-bond donors (Lipinski definition) is 1. The van der Waals surface area contributed by atoms with Crippen molar-refractivity contribution in [1.29, 1.82) is 0 Å². The molecule has 2 rings (SSSR count). The second-order valence-electron chi connectivity index (χ2n) is 4.17. The molecule has 0 bridgehead atoms. The predicted molar refractivity (Wildman–Crippen MR) is 76.1 cm³/mol. The molecule has 108 valence electrons. The van der Waals surface area contributed by atoms with Crippen molar-refractivity contribution in [3.8, 4) is 17.6 Å². The number of hydrogen-bond acceptors (Lipinski definition) is 2. The third-order valence-electron chi connectivity index (χ3n) is 2.57. The Balaban J connectivity index is 2.12. The minimum Gasteiger partial charge on any atom is -0.489 e. The Morgan fingerprint density at radius 1 is 1.14 bits per heavy atom. The van der Waals surface area contributed by atoms with Crippen LogP contribution in [0.25, 0.3) is 0 Å². The van der Waals surface area contributed by atoms with Crippen LogP contribution in [-0.4, -0.2) is 11.7 Å². The van der Waals surface area contributed by atoms with Crippen molar-refractivity contribution < 1.29 is 18.6 Å². The van der Waals surface area contributed by atoms with Gasteiger partial charge in [-0.2, -0.15) is 0 Å². The summed E-state index contributed by atoms with van der Waals surface area (Å²) in [6.07, 6.45) is 0. The Labute approximate surface area is 125 Å². The molecule has 2 nitrogen and oxygen atoms in total. The van der Waals surface area contributed by atoms with E-state index in [0.717, 1.165) is 6.07 Å². The average molecular weight is 309 g/mol. The van der Waals surface area contributed by atoms with Gasteiger partial charge in [-0.05, 0) is 35.9 Å². The summed E-state index contributed by atoms with van der Waals surface area (Å²) in [6.45, 7) is -0.237. The molecule has 0 unspecified atom stereocenters. The number of benzene rings is 2. The van der Waals surface area contributed by atoms with Crippen LogP contribution in [0.4, 0.5) is 8.78 Å². The summed E-state index contributed by atoms with van der Waals surface area (Å²) < 4.78 is 32.1. The van der Waals surface area contributed by atoms with Crippen LogP contribution in [0.2, 0.25) is 5.02 Å². The van der Waals surface area contributed by atoms with Gasteiger partial charge >= 0.3 is 0 Å². The highest BCUT2D eigenvalue weighted by Gasteiger charge is 2.04. The van der Waals surface area contributed by atoms with E-state index in [4.69, 9.17) is 21.4 Å². The highest BCUT2D eigenvalue weighted by Crippen LogP contribution is 2.21. The lowest BCUT2D eigenvalue weighted by Gasteiger charge is -2.07. The summed E-state index contributed by atoms with van der Waals surface area (Å²) in [6, 6.07) is 8.27. The van der Waals surface area contributed by atoms with Crippen LogP contribution >= 0.6 is 11.6 Å². The fourth-order valence-electron chi connectivity index (χ4n) is 1.68. The van der Waals surface area contributed by atoms with Gasteiger partial charge < -0.3 is 9.84 Å². The first-order valence-corrected chi connectivity index (χ1v) is 6.43. The van der Waals surface area contributed by atoms with Gasteiger partial charge in [0, 0.05) is 11.6 Å². The average Bonchev–Trinajstić information content (AvgIpc) is 2.46. The van der Waals surface area contributed by atoms with Gasteiger partial charge in [0.25, 0.3) is 0 Å². The van der Waals surface area contributed by atoms with Crippen molar-refractivity contribution in [2.75, 3.05) is 6.61 Å². The molecule has 5 heteroatoms. The first kappa shape index (κ1) is 15.3. The van der Waals surface area contributed by atoms with Crippen molar-refractivity contribution in [1.82, 2.24) is 0 Å². The lowest BCUT2D eigenvalue weighted by atomic mass is 10.1. The summed E-state index contributed by atoms with van der Waals surface area (Å²) in [5.41, 5.74) is 0.984. The summed E-state index contributed by atoms with van der Waals surface area (Å²) in [7, 11) is 0. The van der Waals surface area contributed by atoms with Gasteiger partial charge in [0.05, 0.1) is 5.02 Å². The molecule has 0 aromatic heterocycles. The standard InChI is InChI=1S/C16H11ClF2O2/c17-15-4-3-14(9-16(15)19)21-10-12-6-11(2-1-5-20)7-13(18)8-12/h3-4,6-9,20H,5,10H2. The zero-order valence-corrected chi connectivity index (χ0v) is 11.6. The van der Waals surface area contributed by atoms with Crippen LogP contribution in [0.15, 0.2) is 36.4 Å². The van der Waals surface area contributed by atoms with Crippen molar-refractivity contribution in [2.24, 2.45) is 0 Å². The minimum atomic E-state index is -0.581. The third-order valence-corrected chi connectivity index (χ3v) is 2.87. The summed E-state index contributed by atoms with van der Waals surface area (Å²) in [5.74, 6) is 4.31. The van der Waals surface area contributed by atoms with Crippen molar-refractivity contribution in [3.05, 3.63) is 64.2 Å². The molecule has 1 N–H and O–H groups in total. The Morgan fingerprint density at radius 3 is 2.67 bits per heavy atom. The van der Waals surface area contributed by atoms with Crippen LogP contribution in [-0.2, 0) is 6.61 Å². The van der Waals surface area contributed by atoms with Crippen LogP contribution < -0.4 is 4.74 Å². The van der Waals surface area contributed by atoms with E-state index < -0.39 is 11.6 Å². The Kier molecular flexibility index (Phi) is 5.15. The normalized spacial score (nSPS) is 9.90. The highest BCUT2D eigenvalue weighted by molar-refractivity contribution is 6.30. The highest BCUT2D eigenvalue weighted by atomic mass is 35.5. The summed E-state index contributed by atoms with van der Waals surface area (Å²) in [5, 5.41) is 8.64. The molecule has 0 saturated heterocycles. The van der Waals surface area contributed by atoms with Crippen molar-refractivity contribution in [2.45, 2.75) is 6.61 Å². The van der Waals surface area contributed by atoms with E-state index in [2.05, 4.69) is 11.8 Å². The van der Waals surface area contributed by atoms with Crippen LogP contribution in [0.3, 0.4) is 0 Å². The second-order valence-corrected chi connectivity index (χ2v) is 4.58. The number of aliphatic hydroxyl groups is 1. The van der Waals surface area contributed by atoms with E-state index in [-0.39, 0.29) is 18.2 Å². The van der Waals surface area contributed by atoms with Crippen molar-refractivity contribution in [3.63, 3.8) is 0 Å². The Morgan fingerprint density at radius 2 is 1.95 bits per heavy atom. The Hall–Kier alpha value is -2.09. The molecule has 0 amide bonds. The zero-order valence-electron chi connectivity index (χ0n) is 10.9. The molecule has 0 aliphatic rings. The summed E-state index contributed by atoms with van der Waals surface area (Å²) in [4.78, 5) is 0. The molecule has 2 aromatic carbocycles. The van der Waals surface area contributed by atoms with Gasteiger partial charge in [-0.1, -0.05) is 23.4 Å². The molecule has 0 fully saturated rings. The maximum atomic E-state index is 13.4. The quantitative estimate of drug-likeness (QED) is 0.879. The van der Waals surface area contributed by atoms with Gasteiger partial charge in [-0.15, -0.1) is 0 Å². The van der Waals surface area contributed by atoms with Crippen LogP contribution in [0, 0.1) is 23.5 Å². The number of halogens is 3. The maximum absolute atomic E-state index is 13.4. The molecule has 0 aliphatic heterocycles. The topological polar surface area (TPSA) is 29.5 Å². The molecule has 0 spiro atoms. The molecule has 0 atom stereocenters. The van der Waals surface area contributed by atoms with Crippen molar-refractivity contribution >= 4 is 11.6 Å². The molecule has 0 radical (unpaired) electrons. The minimum absolute atomic E-state index is 0.00895.